The van der Waals surface area contributed by atoms with Gasteiger partial charge in [0.05, 0.1) is 0 Å². The molecule has 1 aliphatic rings. The average molecular weight is 377 g/mol. The summed E-state index contributed by atoms with van der Waals surface area (Å²) in [5, 5.41) is 0. The molecule has 0 fully saturated rings. The molecule has 0 aromatic heterocycles. The standard InChI is InChI=1S/C9H13.2ClH.2Zr/c1-2-3-6-9-7-4-5-8-9;;;;/h4,7H,2-3,5-6H2,1H3;2*1H;;/q-1;;;;. The minimum atomic E-state index is 0. The van der Waals surface area contributed by atoms with E-state index < -0.39 is 0 Å². The van der Waals surface area contributed by atoms with Crippen molar-refractivity contribution in [2.75, 3.05) is 0 Å². The minimum absolute atomic E-state index is 0. The third-order valence-electron chi connectivity index (χ3n) is 1.57. The fourth-order valence-corrected chi connectivity index (χ4v) is 0.989. The van der Waals surface area contributed by atoms with E-state index in [1.807, 2.05) is 0 Å². The van der Waals surface area contributed by atoms with Gasteiger partial charge >= 0.3 is 0 Å². The first kappa shape index (κ1) is 24.2. The third kappa shape index (κ3) is 11.8. The van der Waals surface area contributed by atoms with Crippen molar-refractivity contribution in [3.8, 4) is 0 Å². The number of allylic oxidation sites excluding steroid dienone is 4. The van der Waals surface area contributed by atoms with Crippen molar-refractivity contribution in [3.05, 3.63) is 23.8 Å². The Morgan fingerprint density at radius 1 is 1.31 bits per heavy atom. The van der Waals surface area contributed by atoms with E-state index in [0.717, 1.165) is 6.42 Å². The second-order valence-corrected chi connectivity index (χ2v) is 2.41. The Morgan fingerprint density at radius 3 is 2.31 bits per heavy atom. The van der Waals surface area contributed by atoms with Crippen molar-refractivity contribution in [1.82, 2.24) is 0 Å². The molecule has 0 aromatic carbocycles. The Bertz CT molecular complexity index is 145. The quantitative estimate of drug-likeness (QED) is 0.659. The first-order chi connectivity index (χ1) is 4.43. The smallest absolute Gasteiger partial charge is 0 e. The van der Waals surface area contributed by atoms with Gasteiger partial charge in [-0.15, -0.1) is 31.2 Å². The van der Waals surface area contributed by atoms with Crippen molar-refractivity contribution >= 4 is 24.8 Å². The van der Waals surface area contributed by atoms with Gasteiger partial charge in [0.15, 0.2) is 0 Å². The molecule has 0 aromatic rings. The van der Waals surface area contributed by atoms with Crippen molar-refractivity contribution in [3.63, 3.8) is 0 Å². The van der Waals surface area contributed by atoms with E-state index in [4.69, 9.17) is 0 Å². The zero-order chi connectivity index (χ0) is 6.53. The summed E-state index contributed by atoms with van der Waals surface area (Å²) in [5.41, 5.74) is 1.41. The van der Waals surface area contributed by atoms with Crippen LogP contribution >= 0.6 is 24.8 Å². The van der Waals surface area contributed by atoms with Crippen molar-refractivity contribution < 1.29 is 52.4 Å². The molecule has 0 saturated heterocycles. The maximum atomic E-state index is 3.30. The van der Waals surface area contributed by atoms with E-state index in [9.17, 15) is 0 Å². The van der Waals surface area contributed by atoms with Crippen LogP contribution in [0.5, 0.6) is 0 Å². The van der Waals surface area contributed by atoms with E-state index in [0.29, 0.717) is 0 Å². The molecule has 0 spiro atoms. The van der Waals surface area contributed by atoms with E-state index in [1.165, 1.54) is 24.8 Å². The summed E-state index contributed by atoms with van der Waals surface area (Å²) in [4.78, 5) is 0. The first-order valence-corrected chi connectivity index (χ1v) is 3.69. The summed E-state index contributed by atoms with van der Waals surface area (Å²) in [6.07, 6.45) is 12.5. The molecule has 0 nitrogen and oxygen atoms in total. The molecule has 0 heterocycles. The Morgan fingerprint density at radius 2 is 1.92 bits per heavy atom. The number of hydrogen-bond donors (Lipinski definition) is 0. The molecule has 0 amide bonds. The second-order valence-electron chi connectivity index (χ2n) is 2.41. The fraction of sp³-hybridized carbons (Fsp3) is 0.556. The van der Waals surface area contributed by atoms with Gasteiger partial charge in [-0.3, -0.25) is 6.08 Å². The van der Waals surface area contributed by atoms with Crippen LogP contribution in [0.15, 0.2) is 17.7 Å². The van der Waals surface area contributed by atoms with E-state index >= 15 is 0 Å². The van der Waals surface area contributed by atoms with Crippen LogP contribution in [0, 0.1) is 6.08 Å². The molecule has 0 bridgehead atoms. The van der Waals surface area contributed by atoms with Crippen LogP contribution in [0.25, 0.3) is 0 Å². The maximum Gasteiger partial charge on any atom is 0 e. The molecule has 13 heavy (non-hydrogen) atoms. The number of halogens is 2. The van der Waals surface area contributed by atoms with Crippen LogP contribution in [-0.2, 0) is 52.4 Å². The van der Waals surface area contributed by atoms with Gasteiger partial charge < -0.3 is 0 Å². The summed E-state index contributed by atoms with van der Waals surface area (Å²) in [5.74, 6) is 0. The summed E-state index contributed by atoms with van der Waals surface area (Å²) < 4.78 is 0. The molecular formula is C9H15Cl2Zr2-. The second kappa shape index (κ2) is 16.3. The number of hydrogen-bond acceptors (Lipinski definition) is 0. The van der Waals surface area contributed by atoms with E-state index in [1.54, 1.807) is 0 Å². The molecule has 4 heteroatoms. The van der Waals surface area contributed by atoms with Gasteiger partial charge in [0, 0.05) is 52.4 Å². The van der Waals surface area contributed by atoms with E-state index in [-0.39, 0.29) is 77.2 Å². The molecule has 74 valence electrons. The van der Waals surface area contributed by atoms with Gasteiger partial charge in [0.2, 0.25) is 0 Å². The number of unbranched alkanes of at least 4 members (excludes halogenated alkanes) is 1. The number of rotatable bonds is 3. The van der Waals surface area contributed by atoms with Gasteiger partial charge in [-0.25, -0.2) is 11.6 Å². The van der Waals surface area contributed by atoms with Crippen molar-refractivity contribution in [2.45, 2.75) is 32.6 Å². The van der Waals surface area contributed by atoms with Crippen molar-refractivity contribution in [2.24, 2.45) is 0 Å². The van der Waals surface area contributed by atoms with Crippen molar-refractivity contribution in [1.29, 1.82) is 0 Å². The van der Waals surface area contributed by atoms with Crippen LogP contribution in [0.4, 0.5) is 0 Å². The predicted octanol–water partition coefficient (Wildman–Crippen LogP) is 3.70. The molecule has 0 unspecified atom stereocenters. The molecule has 0 N–H and O–H groups in total. The first-order valence-electron chi connectivity index (χ1n) is 3.69. The van der Waals surface area contributed by atoms with Crippen LogP contribution in [-0.4, -0.2) is 0 Å². The topological polar surface area (TPSA) is 0 Å². The van der Waals surface area contributed by atoms with Crippen LogP contribution in [0.1, 0.15) is 32.6 Å². The van der Waals surface area contributed by atoms with Gasteiger partial charge in [-0.2, -0.15) is 6.08 Å². The van der Waals surface area contributed by atoms with Crippen LogP contribution in [0.2, 0.25) is 0 Å². The van der Waals surface area contributed by atoms with Gasteiger partial charge in [-0.1, -0.05) is 26.2 Å². The SMILES string of the molecule is CCCCC1=[C-]CC=C1.Cl.Cl.[Zr].[Zr]. The Labute approximate surface area is 132 Å². The molecule has 1 rings (SSSR count). The van der Waals surface area contributed by atoms with Crippen LogP contribution < -0.4 is 0 Å². The molecule has 0 radical (unpaired) electrons. The fourth-order valence-electron chi connectivity index (χ4n) is 0.989. The monoisotopic (exact) mass is 373 g/mol. The zero-order valence-electron chi connectivity index (χ0n) is 7.80. The molecule has 0 saturated carbocycles. The maximum absolute atomic E-state index is 3.30. The third-order valence-corrected chi connectivity index (χ3v) is 1.57. The van der Waals surface area contributed by atoms with Crippen LogP contribution in [0.3, 0.4) is 0 Å². The summed E-state index contributed by atoms with van der Waals surface area (Å²) in [7, 11) is 0. The average Bonchev–Trinajstić information content (AvgIpc) is 2.34. The van der Waals surface area contributed by atoms with Gasteiger partial charge in [0.25, 0.3) is 0 Å². The Kier molecular flexibility index (Phi) is 30.3. The molecular weight excluding hydrogens is 361 g/mol. The summed E-state index contributed by atoms with van der Waals surface area (Å²) in [6.45, 7) is 2.22. The summed E-state index contributed by atoms with van der Waals surface area (Å²) >= 11 is 0. The Hall–Kier alpha value is 1.83. The molecule has 0 aliphatic heterocycles. The van der Waals surface area contributed by atoms with Gasteiger partial charge in [-0.05, 0) is 0 Å². The van der Waals surface area contributed by atoms with E-state index in [2.05, 4.69) is 25.2 Å². The Balaban J connectivity index is -0.000000101. The largest absolute Gasteiger partial charge is 0.269 e. The normalized spacial score (nSPS) is 11.3. The molecule has 0 atom stereocenters. The predicted molar refractivity (Wildman–Crippen MR) is 54.5 cm³/mol. The summed E-state index contributed by atoms with van der Waals surface area (Å²) in [6, 6.07) is 0. The molecule has 1 aliphatic carbocycles. The van der Waals surface area contributed by atoms with Gasteiger partial charge in [0.1, 0.15) is 0 Å². The zero-order valence-corrected chi connectivity index (χ0v) is 14.3. The minimum Gasteiger partial charge on any atom is -0.269 e.